The number of thiazole rings is 1. The summed E-state index contributed by atoms with van der Waals surface area (Å²) in [5, 5.41) is 15.3. The number of nitrogens with zero attached hydrogens (tertiary/aromatic N) is 2. The van der Waals surface area contributed by atoms with Crippen LogP contribution in [0.1, 0.15) is 36.1 Å². The highest BCUT2D eigenvalue weighted by Gasteiger charge is 2.27. The first kappa shape index (κ1) is 19.5. The van der Waals surface area contributed by atoms with Crippen molar-refractivity contribution in [3.05, 3.63) is 56.5 Å². The van der Waals surface area contributed by atoms with Gasteiger partial charge in [-0.05, 0) is 26.3 Å². The molecule has 0 aliphatic heterocycles. The molecule has 1 amide bonds. The summed E-state index contributed by atoms with van der Waals surface area (Å²) in [6.45, 7) is 5.17. The lowest BCUT2D eigenvalue weighted by atomic mass is 10.0. The van der Waals surface area contributed by atoms with Gasteiger partial charge in [-0.1, -0.05) is 12.1 Å². The van der Waals surface area contributed by atoms with Gasteiger partial charge in [0.05, 0.1) is 4.92 Å². The number of ether oxygens (including phenoxy) is 1. The second-order valence-electron chi connectivity index (χ2n) is 6.53. The molecule has 2 aromatic rings. The van der Waals surface area contributed by atoms with Gasteiger partial charge in [-0.15, -0.1) is 11.3 Å². The van der Waals surface area contributed by atoms with Crippen molar-refractivity contribution in [3.8, 4) is 0 Å². The number of nitro groups is 1. The molecule has 9 heteroatoms. The number of carbonyl (C=O) groups is 2. The van der Waals surface area contributed by atoms with Gasteiger partial charge in [0.2, 0.25) is 5.78 Å². The zero-order chi connectivity index (χ0) is 19.3. The zero-order valence-electron chi connectivity index (χ0n) is 14.6. The minimum absolute atomic E-state index is 0.0448. The van der Waals surface area contributed by atoms with Crippen molar-refractivity contribution >= 4 is 28.9 Å². The molecule has 1 heterocycles. The number of aromatic nitrogens is 1. The minimum Gasteiger partial charge on any atom is -0.444 e. The van der Waals surface area contributed by atoms with Crippen LogP contribution in [0.15, 0.2) is 35.8 Å². The van der Waals surface area contributed by atoms with Crippen molar-refractivity contribution < 1.29 is 19.2 Å². The van der Waals surface area contributed by atoms with E-state index in [2.05, 4.69) is 10.3 Å². The molecule has 1 atom stereocenters. The van der Waals surface area contributed by atoms with Crippen molar-refractivity contribution in [1.82, 2.24) is 10.3 Å². The van der Waals surface area contributed by atoms with E-state index in [1.807, 2.05) is 0 Å². The predicted octanol–water partition coefficient (Wildman–Crippen LogP) is 3.37. The lowest BCUT2D eigenvalue weighted by Gasteiger charge is -2.22. The van der Waals surface area contributed by atoms with Gasteiger partial charge in [-0.25, -0.2) is 9.78 Å². The standard InChI is InChI=1S/C17H19N3O5S/c1-17(2,3)25-16(22)19-13(14(21)15-18-8-9-26-15)10-11-4-6-12(7-5-11)20(23)24/h4-9,13H,10H2,1-3H3,(H,19,22)/t13-/m0/s1. The van der Waals surface area contributed by atoms with Gasteiger partial charge in [-0.3, -0.25) is 14.9 Å². The van der Waals surface area contributed by atoms with Gasteiger partial charge in [-0.2, -0.15) is 0 Å². The number of Topliss-reactive ketones (excluding diaryl/α,β-unsaturated/α-hetero) is 1. The highest BCUT2D eigenvalue weighted by Crippen LogP contribution is 2.16. The molecule has 0 saturated heterocycles. The summed E-state index contributed by atoms with van der Waals surface area (Å²) in [6, 6.07) is 4.92. The van der Waals surface area contributed by atoms with E-state index in [4.69, 9.17) is 4.74 Å². The van der Waals surface area contributed by atoms with Crippen LogP contribution in [0.5, 0.6) is 0 Å². The summed E-state index contributed by atoms with van der Waals surface area (Å²) in [4.78, 5) is 39.0. The molecule has 0 unspecified atom stereocenters. The van der Waals surface area contributed by atoms with Gasteiger partial charge in [0, 0.05) is 30.1 Å². The first-order valence-corrected chi connectivity index (χ1v) is 8.70. The van der Waals surface area contributed by atoms with E-state index in [1.165, 1.54) is 29.7 Å². The number of amides is 1. The Morgan fingerprint density at radius 2 is 1.96 bits per heavy atom. The fourth-order valence-electron chi connectivity index (χ4n) is 2.14. The molecule has 8 nitrogen and oxygen atoms in total. The maximum atomic E-state index is 12.7. The smallest absolute Gasteiger partial charge is 0.408 e. The summed E-state index contributed by atoms with van der Waals surface area (Å²) in [6.07, 6.45) is 0.957. The highest BCUT2D eigenvalue weighted by atomic mass is 32.1. The van der Waals surface area contributed by atoms with Crippen molar-refractivity contribution in [2.75, 3.05) is 0 Å². The van der Waals surface area contributed by atoms with Crippen LogP contribution in [-0.2, 0) is 11.2 Å². The van der Waals surface area contributed by atoms with E-state index < -0.39 is 22.7 Å². The van der Waals surface area contributed by atoms with Gasteiger partial charge < -0.3 is 10.1 Å². The number of carbonyl (C=O) groups excluding carboxylic acids is 2. The topological polar surface area (TPSA) is 111 Å². The average molecular weight is 377 g/mol. The van der Waals surface area contributed by atoms with Crippen LogP contribution in [-0.4, -0.2) is 33.4 Å². The predicted molar refractivity (Wildman–Crippen MR) is 96.4 cm³/mol. The number of ketones is 1. The lowest BCUT2D eigenvalue weighted by molar-refractivity contribution is -0.384. The van der Waals surface area contributed by atoms with Crippen LogP contribution < -0.4 is 5.32 Å². The first-order chi connectivity index (χ1) is 12.2. The summed E-state index contributed by atoms with van der Waals surface area (Å²) < 4.78 is 5.22. The van der Waals surface area contributed by atoms with E-state index in [-0.39, 0.29) is 22.9 Å². The molecule has 0 aliphatic carbocycles. The number of hydrogen-bond acceptors (Lipinski definition) is 7. The molecule has 0 bridgehead atoms. The molecule has 0 radical (unpaired) electrons. The number of benzene rings is 1. The van der Waals surface area contributed by atoms with Crippen molar-refractivity contribution in [3.63, 3.8) is 0 Å². The largest absolute Gasteiger partial charge is 0.444 e. The molecular weight excluding hydrogens is 358 g/mol. The number of nitrogens with one attached hydrogen (secondary N) is 1. The summed E-state index contributed by atoms with van der Waals surface area (Å²) >= 11 is 1.17. The summed E-state index contributed by atoms with van der Waals surface area (Å²) in [7, 11) is 0. The van der Waals surface area contributed by atoms with Gasteiger partial charge in [0.25, 0.3) is 5.69 Å². The number of rotatable bonds is 6. The Morgan fingerprint density at radius 1 is 1.31 bits per heavy atom. The Balaban J connectivity index is 2.18. The second-order valence-corrected chi connectivity index (χ2v) is 7.42. The van der Waals surface area contributed by atoms with E-state index >= 15 is 0 Å². The molecule has 1 aromatic heterocycles. The SMILES string of the molecule is CC(C)(C)OC(=O)N[C@@H](Cc1ccc([N+](=O)[O-])cc1)C(=O)c1nccs1. The molecule has 138 valence electrons. The molecule has 1 N–H and O–H groups in total. The third-order valence-corrected chi connectivity index (χ3v) is 4.03. The molecule has 0 fully saturated rings. The Morgan fingerprint density at radius 3 is 2.46 bits per heavy atom. The third kappa shape index (κ3) is 5.62. The maximum Gasteiger partial charge on any atom is 0.408 e. The number of hydrogen-bond donors (Lipinski definition) is 1. The third-order valence-electron chi connectivity index (χ3n) is 3.24. The van der Waals surface area contributed by atoms with Crippen LogP contribution >= 0.6 is 11.3 Å². The van der Waals surface area contributed by atoms with E-state index in [1.54, 1.807) is 38.3 Å². The van der Waals surface area contributed by atoms with Crippen molar-refractivity contribution in [2.45, 2.75) is 38.8 Å². The van der Waals surface area contributed by atoms with Crippen LogP contribution in [0, 0.1) is 10.1 Å². The fraction of sp³-hybridized carbons (Fsp3) is 0.353. The van der Waals surface area contributed by atoms with E-state index in [9.17, 15) is 19.7 Å². The van der Waals surface area contributed by atoms with E-state index in [0.717, 1.165) is 0 Å². The average Bonchev–Trinajstić information content (AvgIpc) is 3.06. The zero-order valence-corrected chi connectivity index (χ0v) is 15.4. The molecule has 0 aliphatic rings. The molecule has 26 heavy (non-hydrogen) atoms. The molecular formula is C17H19N3O5S. The van der Waals surface area contributed by atoms with Crippen LogP contribution in [0.25, 0.3) is 0 Å². The Kier molecular flexibility index (Phi) is 6.04. The normalized spacial score (nSPS) is 12.3. The van der Waals surface area contributed by atoms with Crippen LogP contribution in [0.2, 0.25) is 0 Å². The second kappa shape index (κ2) is 8.05. The van der Waals surface area contributed by atoms with Gasteiger partial charge >= 0.3 is 6.09 Å². The number of alkyl carbamates (subject to hydrolysis) is 1. The van der Waals surface area contributed by atoms with Crippen molar-refractivity contribution in [1.29, 1.82) is 0 Å². The number of nitro benzene ring substituents is 1. The highest BCUT2D eigenvalue weighted by molar-refractivity contribution is 7.11. The molecule has 0 saturated carbocycles. The quantitative estimate of drug-likeness (QED) is 0.469. The summed E-state index contributed by atoms with van der Waals surface area (Å²) in [5.41, 5.74) is -0.0788. The van der Waals surface area contributed by atoms with Crippen LogP contribution in [0.3, 0.4) is 0 Å². The lowest BCUT2D eigenvalue weighted by Crippen LogP contribution is -2.44. The summed E-state index contributed by atoms with van der Waals surface area (Å²) in [5.74, 6) is -0.343. The van der Waals surface area contributed by atoms with E-state index in [0.29, 0.717) is 5.56 Å². The van der Waals surface area contributed by atoms with Crippen molar-refractivity contribution in [2.24, 2.45) is 0 Å². The minimum atomic E-state index is -0.891. The molecule has 0 spiro atoms. The fourth-order valence-corrected chi connectivity index (χ4v) is 2.77. The maximum absolute atomic E-state index is 12.7. The monoisotopic (exact) mass is 377 g/mol. The van der Waals surface area contributed by atoms with Gasteiger partial charge in [0.15, 0.2) is 5.01 Å². The Hall–Kier alpha value is -2.81. The van der Waals surface area contributed by atoms with Crippen LogP contribution in [0.4, 0.5) is 10.5 Å². The molecule has 1 aromatic carbocycles. The number of non-ortho nitro benzene ring substituents is 1. The van der Waals surface area contributed by atoms with Gasteiger partial charge in [0.1, 0.15) is 11.6 Å². The Labute approximate surface area is 154 Å². The first-order valence-electron chi connectivity index (χ1n) is 7.82. The Bertz CT molecular complexity index is 782. The molecule has 2 rings (SSSR count).